The standard InChI is InChI=1S/C22H24N6O/c1-16(18-5-3-4-6-20(18)29-2)9-11-24-22-13-19(27-15-28-22)17-7-8-21(26-14-17)25-12-10-23/h3-8,13-16H,9,11-12H2,1-2H3,(H,25,26)(H,24,27,28). The summed E-state index contributed by atoms with van der Waals surface area (Å²) >= 11 is 0. The summed E-state index contributed by atoms with van der Waals surface area (Å²) in [6.45, 7) is 3.20. The number of anilines is 2. The molecule has 1 atom stereocenters. The first-order valence-electron chi connectivity index (χ1n) is 9.47. The number of aromatic nitrogens is 3. The van der Waals surface area contributed by atoms with Crippen LogP contribution in [0.15, 0.2) is 55.0 Å². The molecule has 0 spiro atoms. The minimum absolute atomic E-state index is 0.223. The first kappa shape index (κ1) is 20.1. The maximum absolute atomic E-state index is 8.62. The van der Waals surface area contributed by atoms with Crippen LogP contribution in [-0.4, -0.2) is 35.2 Å². The van der Waals surface area contributed by atoms with Gasteiger partial charge in [0.2, 0.25) is 0 Å². The maximum Gasteiger partial charge on any atom is 0.129 e. The third-order valence-electron chi connectivity index (χ3n) is 4.63. The smallest absolute Gasteiger partial charge is 0.129 e. The molecule has 2 N–H and O–H groups in total. The molecule has 0 aliphatic rings. The van der Waals surface area contributed by atoms with E-state index in [2.05, 4.69) is 38.6 Å². The molecule has 2 aromatic heterocycles. The molecule has 29 heavy (non-hydrogen) atoms. The Labute approximate surface area is 170 Å². The van der Waals surface area contributed by atoms with Crippen molar-refractivity contribution in [1.29, 1.82) is 5.26 Å². The number of hydrogen-bond donors (Lipinski definition) is 2. The summed E-state index contributed by atoms with van der Waals surface area (Å²) in [5, 5.41) is 14.9. The molecule has 0 saturated carbocycles. The highest BCUT2D eigenvalue weighted by Gasteiger charge is 2.11. The lowest BCUT2D eigenvalue weighted by Gasteiger charge is -2.16. The van der Waals surface area contributed by atoms with Gasteiger partial charge in [0.1, 0.15) is 30.3 Å². The molecule has 7 nitrogen and oxygen atoms in total. The van der Waals surface area contributed by atoms with Crippen molar-refractivity contribution in [3.8, 4) is 23.1 Å². The van der Waals surface area contributed by atoms with Gasteiger partial charge in [-0.1, -0.05) is 25.1 Å². The van der Waals surface area contributed by atoms with E-state index in [-0.39, 0.29) is 6.54 Å². The van der Waals surface area contributed by atoms with Crippen molar-refractivity contribution in [1.82, 2.24) is 15.0 Å². The number of para-hydroxylation sites is 1. The van der Waals surface area contributed by atoms with Crippen molar-refractivity contribution < 1.29 is 4.74 Å². The molecular weight excluding hydrogens is 364 g/mol. The Morgan fingerprint density at radius 1 is 1.07 bits per heavy atom. The lowest BCUT2D eigenvalue weighted by molar-refractivity contribution is 0.405. The molecule has 0 saturated heterocycles. The summed E-state index contributed by atoms with van der Waals surface area (Å²) in [5.74, 6) is 2.71. The molecule has 0 aliphatic carbocycles. The van der Waals surface area contributed by atoms with Crippen molar-refractivity contribution in [2.75, 3.05) is 30.8 Å². The number of hydrogen-bond acceptors (Lipinski definition) is 7. The van der Waals surface area contributed by atoms with Crippen LogP contribution in [0.1, 0.15) is 24.8 Å². The molecular formula is C22H24N6O. The van der Waals surface area contributed by atoms with Crippen LogP contribution in [0, 0.1) is 11.3 Å². The number of nitrogens with zero attached hydrogens (tertiary/aromatic N) is 4. The number of benzene rings is 1. The molecule has 0 radical (unpaired) electrons. The summed E-state index contributed by atoms with van der Waals surface area (Å²) in [4.78, 5) is 12.9. The number of ether oxygens (including phenoxy) is 1. The van der Waals surface area contributed by atoms with E-state index in [0.717, 1.165) is 35.8 Å². The van der Waals surface area contributed by atoms with Gasteiger partial charge in [-0.25, -0.2) is 15.0 Å². The summed E-state index contributed by atoms with van der Waals surface area (Å²) in [7, 11) is 1.70. The lowest BCUT2D eigenvalue weighted by atomic mass is 9.97. The minimum atomic E-state index is 0.223. The molecule has 7 heteroatoms. The normalized spacial score (nSPS) is 11.3. The monoisotopic (exact) mass is 388 g/mol. The second kappa shape index (κ2) is 10.0. The van der Waals surface area contributed by atoms with Gasteiger partial charge in [0.05, 0.1) is 18.9 Å². The van der Waals surface area contributed by atoms with E-state index in [0.29, 0.717) is 11.7 Å². The van der Waals surface area contributed by atoms with Crippen LogP contribution in [0.25, 0.3) is 11.3 Å². The van der Waals surface area contributed by atoms with Gasteiger partial charge in [0, 0.05) is 24.4 Å². The van der Waals surface area contributed by atoms with E-state index in [4.69, 9.17) is 10.00 Å². The van der Waals surface area contributed by atoms with Crippen molar-refractivity contribution in [2.45, 2.75) is 19.3 Å². The first-order chi connectivity index (χ1) is 14.2. The number of nitrogens with one attached hydrogen (secondary N) is 2. The fourth-order valence-corrected chi connectivity index (χ4v) is 3.04. The zero-order valence-corrected chi connectivity index (χ0v) is 16.6. The Bertz CT molecular complexity index is 968. The topological polar surface area (TPSA) is 95.8 Å². The molecule has 3 aromatic rings. The quantitative estimate of drug-likeness (QED) is 0.533. The SMILES string of the molecule is COc1ccccc1C(C)CCNc1cc(-c2ccc(NCC#N)nc2)ncn1. The van der Waals surface area contributed by atoms with Gasteiger partial charge in [0.15, 0.2) is 0 Å². The van der Waals surface area contributed by atoms with E-state index in [1.165, 1.54) is 5.56 Å². The fraction of sp³-hybridized carbons (Fsp3) is 0.273. The average Bonchev–Trinajstić information content (AvgIpc) is 2.78. The number of methoxy groups -OCH3 is 1. The van der Waals surface area contributed by atoms with Crippen LogP contribution >= 0.6 is 0 Å². The zero-order valence-electron chi connectivity index (χ0n) is 16.6. The lowest BCUT2D eigenvalue weighted by Crippen LogP contribution is -2.08. The van der Waals surface area contributed by atoms with Crippen LogP contribution in [0.4, 0.5) is 11.6 Å². The van der Waals surface area contributed by atoms with Gasteiger partial charge >= 0.3 is 0 Å². The second-order valence-electron chi connectivity index (χ2n) is 6.59. The van der Waals surface area contributed by atoms with E-state index in [1.807, 2.05) is 42.5 Å². The van der Waals surface area contributed by atoms with Crippen molar-refractivity contribution in [3.63, 3.8) is 0 Å². The van der Waals surface area contributed by atoms with Gasteiger partial charge in [-0.2, -0.15) is 5.26 Å². The van der Waals surface area contributed by atoms with Gasteiger partial charge in [-0.15, -0.1) is 0 Å². The van der Waals surface area contributed by atoms with Gasteiger partial charge < -0.3 is 15.4 Å². The number of pyridine rings is 1. The molecule has 0 amide bonds. The average molecular weight is 388 g/mol. The molecule has 1 unspecified atom stereocenters. The summed E-state index contributed by atoms with van der Waals surface area (Å²) in [6, 6.07) is 15.8. The van der Waals surface area contributed by atoms with Crippen molar-refractivity contribution >= 4 is 11.6 Å². The van der Waals surface area contributed by atoms with E-state index in [1.54, 1.807) is 19.6 Å². The predicted octanol–water partition coefficient (Wildman–Crippen LogP) is 4.09. The first-order valence-corrected chi connectivity index (χ1v) is 9.47. The Hall–Kier alpha value is -3.66. The number of rotatable bonds is 9. The van der Waals surface area contributed by atoms with Crippen LogP contribution in [0.2, 0.25) is 0 Å². The third kappa shape index (κ3) is 5.42. The van der Waals surface area contributed by atoms with Crippen LogP contribution in [0.3, 0.4) is 0 Å². The largest absolute Gasteiger partial charge is 0.496 e. The number of nitriles is 1. The van der Waals surface area contributed by atoms with Crippen LogP contribution in [-0.2, 0) is 0 Å². The molecule has 0 bridgehead atoms. The molecule has 2 heterocycles. The summed E-state index contributed by atoms with van der Waals surface area (Å²) in [5.41, 5.74) is 2.89. The van der Waals surface area contributed by atoms with Crippen LogP contribution < -0.4 is 15.4 Å². The Kier molecular flexibility index (Phi) is 6.95. The Morgan fingerprint density at radius 3 is 2.69 bits per heavy atom. The molecule has 0 aliphatic heterocycles. The molecule has 148 valence electrons. The Balaban J connectivity index is 1.59. The summed E-state index contributed by atoms with van der Waals surface area (Å²) in [6.07, 6.45) is 4.22. The van der Waals surface area contributed by atoms with Gasteiger partial charge in [-0.3, -0.25) is 0 Å². The highest BCUT2D eigenvalue weighted by Crippen LogP contribution is 2.28. The maximum atomic E-state index is 8.62. The molecule has 3 rings (SSSR count). The van der Waals surface area contributed by atoms with Gasteiger partial charge in [0.25, 0.3) is 0 Å². The Morgan fingerprint density at radius 2 is 1.93 bits per heavy atom. The minimum Gasteiger partial charge on any atom is -0.496 e. The third-order valence-corrected chi connectivity index (χ3v) is 4.63. The van der Waals surface area contributed by atoms with Crippen molar-refractivity contribution in [2.24, 2.45) is 0 Å². The second-order valence-corrected chi connectivity index (χ2v) is 6.59. The predicted molar refractivity (Wildman–Crippen MR) is 114 cm³/mol. The fourth-order valence-electron chi connectivity index (χ4n) is 3.04. The van der Waals surface area contributed by atoms with Crippen molar-refractivity contribution in [3.05, 3.63) is 60.6 Å². The van der Waals surface area contributed by atoms with Crippen LogP contribution in [0.5, 0.6) is 5.75 Å². The van der Waals surface area contributed by atoms with E-state index in [9.17, 15) is 0 Å². The highest BCUT2D eigenvalue weighted by atomic mass is 16.5. The highest BCUT2D eigenvalue weighted by molar-refractivity contribution is 5.62. The molecule has 0 fully saturated rings. The zero-order chi connectivity index (χ0) is 20.5. The summed E-state index contributed by atoms with van der Waals surface area (Å²) < 4.78 is 5.46. The van der Waals surface area contributed by atoms with E-state index >= 15 is 0 Å². The van der Waals surface area contributed by atoms with E-state index < -0.39 is 0 Å². The van der Waals surface area contributed by atoms with Gasteiger partial charge in [-0.05, 0) is 36.1 Å². The molecule has 1 aromatic carbocycles.